The zero-order valence-corrected chi connectivity index (χ0v) is 17.0. The number of carbonyl (C=O) groups excluding carboxylic acids is 1. The van der Waals surface area contributed by atoms with E-state index in [0.29, 0.717) is 12.2 Å². The number of rotatable bonds is 7. The summed E-state index contributed by atoms with van der Waals surface area (Å²) in [6.07, 6.45) is 1.52. The van der Waals surface area contributed by atoms with Crippen molar-refractivity contribution in [2.75, 3.05) is 4.72 Å². The molecular formula is C23H21FN2O3S. The van der Waals surface area contributed by atoms with Crippen molar-refractivity contribution < 1.29 is 17.6 Å². The van der Waals surface area contributed by atoms with Crippen LogP contribution >= 0.6 is 0 Å². The molecule has 4 rings (SSSR count). The summed E-state index contributed by atoms with van der Waals surface area (Å²) in [5.74, 6) is -0.524. The molecule has 0 bridgehead atoms. The van der Waals surface area contributed by atoms with Crippen LogP contribution in [0.1, 0.15) is 24.0 Å². The van der Waals surface area contributed by atoms with Gasteiger partial charge in [0.25, 0.3) is 10.0 Å². The highest BCUT2D eigenvalue weighted by Gasteiger charge is 2.51. The highest BCUT2D eigenvalue weighted by Crippen LogP contribution is 2.48. The molecule has 2 N–H and O–H groups in total. The minimum atomic E-state index is -3.81. The van der Waals surface area contributed by atoms with E-state index in [2.05, 4.69) is 10.0 Å². The summed E-state index contributed by atoms with van der Waals surface area (Å²) < 4.78 is 40.4. The maximum absolute atomic E-state index is 13.0. The summed E-state index contributed by atoms with van der Waals surface area (Å²) in [6.45, 7) is 0.469. The monoisotopic (exact) mass is 424 g/mol. The van der Waals surface area contributed by atoms with E-state index in [1.807, 2.05) is 30.3 Å². The Morgan fingerprint density at radius 2 is 1.53 bits per heavy atom. The first kappa shape index (κ1) is 20.1. The molecule has 0 spiro atoms. The van der Waals surface area contributed by atoms with Crippen LogP contribution in [0.4, 0.5) is 10.1 Å². The van der Waals surface area contributed by atoms with Gasteiger partial charge in [0.05, 0.1) is 10.3 Å². The van der Waals surface area contributed by atoms with Gasteiger partial charge in [-0.2, -0.15) is 0 Å². The lowest BCUT2D eigenvalue weighted by Crippen LogP contribution is -2.34. The van der Waals surface area contributed by atoms with E-state index in [4.69, 9.17) is 0 Å². The molecule has 0 atom stereocenters. The fourth-order valence-corrected chi connectivity index (χ4v) is 4.46. The zero-order valence-electron chi connectivity index (χ0n) is 16.1. The molecule has 0 heterocycles. The van der Waals surface area contributed by atoms with Gasteiger partial charge in [0.15, 0.2) is 0 Å². The number of hydrogen-bond donors (Lipinski definition) is 2. The summed E-state index contributed by atoms with van der Waals surface area (Å²) >= 11 is 0. The number of halogens is 1. The summed E-state index contributed by atoms with van der Waals surface area (Å²) in [5.41, 5.74) is 1.72. The SMILES string of the molecule is O=C(NCc1ccccc1)C1(c2ccc(NS(=O)(=O)c3ccc(F)cc3)cc2)CC1. The van der Waals surface area contributed by atoms with Crippen molar-refractivity contribution in [3.05, 3.63) is 95.8 Å². The smallest absolute Gasteiger partial charge is 0.261 e. The standard InChI is InChI=1S/C23H21FN2O3S/c24-19-8-12-21(13-9-19)30(28,29)26-20-10-6-18(7-11-20)23(14-15-23)22(27)25-16-17-4-2-1-3-5-17/h1-13,26H,14-16H2,(H,25,27). The molecule has 1 fully saturated rings. The normalized spacial score (nSPS) is 14.7. The molecule has 30 heavy (non-hydrogen) atoms. The van der Waals surface area contributed by atoms with E-state index in [0.717, 1.165) is 36.1 Å². The summed E-state index contributed by atoms with van der Waals surface area (Å²) in [4.78, 5) is 12.8. The molecule has 154 valence electrons. The highest BCUT2D eigenvalue weighted by molar-refractivity contribution is 7.92. The fourth-order valence-electron chi connectivity index (χ4n) is 3.40. The van der Waals surface area contributed by atoms with Crippen LogP contribution in [-0.4, -0.2) is 14.3 Å². The Bertz CT molecular complexity index is 1140. The van der Waals surface area contributed by atoms with Crippen molar-refractivity contribution in [2.45, 2.75) is 29.7 Å². The Labute approximate surface area is 175 Å². The van der Waals surface area contributed by atoms with Crippen molar-refractivity contribution in [1.29, 1.82) is 0 Å². The van der Waals surface area contributed by atoms with Crippen molar-refractivity contribution in [2.24, 2.45) is 0 Å². The van der Waals surface area contributed by atoms with Crippen molar-refractivity contribution in [1.82, 2.24) is 5.32 Å². The quantitative estimate of drug-likeness (QED) is 0.603. The number of nitrogens with one attached hydrogen (secondary N) is 2. The lowest BCUT2D eigenvalue weighted by Gasteiger charge is -2.17. The minimum absolute atomic E-state index is 0.0214. The molecule has 1 aliphatic carbocycles. The molecule has 0 unspecified atom stereocenters. The molecule has 0 saturated heterocycles. The molecule has 3 aromatic rings. The van der Waals surface area contributed by atoms with Gasteiger partial charge in [-0.05, 0) is 60.4 Å². The first-order chi connectivity index (χ1) is 14.4. The molecule has 1 aliphatic rings. The first-order valence-corrected chi connectivity index (χ1v) is 11.1. The van der Waals surface area contributed by atoms with E-state index in [1.165, 1.54) is 12.1 Å². The van der Waals surface area contributed by atoms with E-state index >= 15 is 0 Å². The number of benzene rings is 3. The Balaban J connectivity index is 1.44. The van der Waals surface area contributed by atoms with Gasteiger partial charge in [-0.3, -0.25) is 9.52 Å². The average Bonchev–Trinajstić information content (AvgIpc) is 3.55. The maximum Gasteiger partial charge on any atom is 0.261 e. The van der Waals surface area contributed by atoms with Crippen LogP contribution in [0.3, 0.4) is 0 Å². The molecule has 0 aromatic heterocycles. The van der Waals surface area contributed by atoms with Crippen LogP contribution in [0.2, 0.25) is 0 Å². The van der Waals surface area contributed by atoms with Crippen molar-refractivity contribution in [3.63, 3.8) is 0 Å². The molecular weight excluding hydrogens is 403 g/mol. The fraction of sp³-hybridized carbons (Fsp3) is 0.174. The molecule has 5 nitrogen and oxygen atoms in total. The lowest BCUT2D eigenvalue weighted by molar-refractivity contribution is -0.123. The first-order valence-electron chi connectivity index (χ1n) is 9.60. The summed E-state index contributed by atoms with van der Waals surface area (Å²) in [5, 5.41) is 3.00. The van der Waals surface area contributed by atoms with Crippen molar-refractivity contribution >= 4 is 21.6 Å². The van der Waals surface area contributed by atoms with Gasteiger partial charge in [-0.25, -0.2) is 12.8 Å². The second kappa shape index (κ2) is 7.91. The Hall–Kier alpha value is -3.19. The van der Waals surface area contributed by atoms with Gasteiger partial charge in [-0.1, -0.05) is 42.5 Å². The number of amides is 1. The van der Waals surface area contributed by atoms with Gasteiger partial charge >= 0.3 is 0 Å². The average molecular weight is 424 g/mol. The van der Waals surface area contributed by atoms with Gasteiger partial charge in [-0.15, -0.1) is 0 Å². The van der Waals surface area contributed by atoms with Crippen LogP contribution in [-0.2, 0) is 26.8 Å². The highest BCUT2D eigenvalue weighted by atomic mass is 32.2. The van der Waals surface area contributed by atoms with E-state index < -0.39 is 21.3 Å². The zero-order chi connectivity index (χ0) is 21.2. The topological polar surface area (TPSA) is 75.3 Å². The van der Waals surface area contributed by atoms with Crippen LogP contribution in [0.15, 0.2) is 83.8 Å². The Morgan fingerprint density at radius 3 is 2.13 bits per heavy atom. The van der Waals surface area contributed by atoms with Gasteiger partial charge in [0.1, 0.15) is 5.82 Å². The van der Waals surface area contributed by atoms with Crippen LogP contribution in [0.25, 0.3) is 0 Å². The Morgan fingerprint density at radius 1 is 0.900 bits per heavy atom. The second-order valence-electron chi connectivity index (χ2n) is 7.39. The molecule has 3 aromatic carbocycles. The largest absolute Gasteiger partial charge is 0.351 e. The lowest BCUT2D eigenvalue weighted by atomic mass is 9.94. The predicted molar refractivity (Wildman–Crippen MR) is 113 cm³/mol. The third-order valence-corrected chi connectivity index (χ3v) is 6.69. The molecule has 0 aliphatic heterocycles. The predicted octanol–water partition coefficient (Wildman–Crippen LogP) is 3.97. The third-order valence-electron chi connectivity index (χ3n) is 5.29. The van der Waals surface area contributed by atoms with E-state index in [9.17, 15) is 17.6 Å². The van der Waals surface area contributed by atoms with Gasteiger partial charge in [0, 0.05) is 12.2 Å². The van der Waals surface area contributed by atoms with Crippen molar-refractivity contribution in [3.8, 4) is 0 Å². The van der Waals surface area contributed by atoms with E-state index in [1.54, 1.807) is 24.3 Å². The summed E-state index contributed by atoms with van der Waals surface area (Å²) in [7, 11) is -3.81. The van der Waals surface area contributed by atoms with Gasteiger partial charge in [0.2, 0.25) is 5.91 Å². The van der Waals surface area contributed by atoms with Crippen LogP contribution in [0, 0.1) is 5.82 Å². The van der Waals surface area contributed by atoms with Crippen LogP contribution in [0.5, 0.6) is 0 Å². The Kier molecular flexibility index (Phi) is 5.30. The number of hydrogen-bond acceptors (Lipinski definition) is 3. The molecule has 7 heteroatoms. The molecule has 0 radical (unpaired) electrons. The minimum Gasteiger partial charge on any atom is -0.351 e. The van der Waals surface area contributed by atoms with Crippen LogP contribution < -0.4 is 10.0 Å². The second-order valence-corrected chi connectivity index (χ2v) is 9.07. The number of sulfonamides is 1. The molecule has 1 saturated carbocycles. The number of anilines is 1. The van der Waals surface area contributed by atoms with Gasteiger partial charge < -0.3 is 5.32 Å². The maximum atomic E-state index is 13.0. The summed E-state index contributed by atoms with van der Waals surface area (Å²) in [6, 6.07) is 21.2. The number of carbonyl (C=O) groups is 1. The van der Waals surface area contributed by atoms with E-state index in [-0.39, 0.29) is 10.8 Å². The molecule has 1 amide bonds. The third kappa shape index (κ3) is 4.21.